The van der Waals surface area contributed by atoms with Crippen LogP contribution in [0.2, 0.25) is 0 Å². The lowest BCUT2D eigenvalue weighted by Gasteiger charge is -2.35. The van der Waals surface area contributed by atoms with Crippen LogP contribution >= 0.6 is 0 Å². The van der Waals surface area contributed by atoms with Crippen molar-refractivity contribution in [3.05, 3.63) is 58.4 Å². The molecule has 0 aliphatic carbocycles. The zero-order valence-corrected chi connectivity index (χ0v) is 19.8. The predicted octanol–water partition coefficient (Wildman–Crippen LogP) is 3.56. The first kappa shape index (κ1) is 24.0. The highest BCUT2D eigenvalue weighted by molar-refractivity contribution is 6.00. The number of ether oxygens (including phenoxy) is 2. The van der Waals surface area contributed by atoms with Crippen LogP contribution in [0.3, 0.4) is 0 Å². The summed E-state index contributed by atoms with van der Waals surface area (Å²) in [5, 5.41) is 0. The first-order valence-corrected chi connectivity index (χ1v) is 11.3. The topological polar surface area (TPSA) is 74.9 Å². The van der Waals surface area contributed by atoms with Gasteiger partial charge in [-0.15, -0.1) is 0 Å². The third-order valence-electron chi connectivity index (χ3n) is 5.81. The van der Waals surface area contributed by atoms with Crippen molar-refractivity contribution in [2.24, 2.45) is 0 Å². The number of carbonyl (C=O) groups is 2. The van der Waals surface area contributed by atoms with Crippen molar-refractivity contribution in [3.8, 4) is 0 Å². The number of morpholine rings is 1. The number of esters is 1. The molecule has 1 unspecified atom stereocenters. The Morgan fingerprint density at radius 1 is 1.12 bits per heavy atom. The summed E-state index contributed by atoms with van der Waals surface area (Å²) in [7, 11) is 0. The Balaban J connectivity index is 1.88. The van der Waals surface area contributed by atoms with Gasteiger partial charge >= 0.3 is 5.97 Å². The van der Waals surface area contributed by atoms with E-state index in [0.29, 0.717) is 29.1 Å². The molecule has 1 fully saturated rings. The summed E-state index contributed by atoms with van der Waals surface area (Å²) in [6, 6.07) is 9.97. The average molecular weight is 442 g/mol. The molecule has 0 spiro atoms. The molecule has 1 saturated heterocycles. The number of aryl methyl sites for hydroxylation is 1. The molecule has 2 heterocycles. The van der Waals surface area contributed by atoms with Crippen molar-refractivity contribution in [3.63, 3.8) is 0 Å². The Hall–Kier alpha value is -2.64. The molecule has 7 heteroatoms. The second-order valence-electron chi connectivity index (χ2n) is 8.76. The number of hydrogen-bond donors (Lipinski definition) is 1. The van der Waals surface area contributed by atoms with E-state index in [1.807, 2.05) is 49.1 Å². The second-order valence-corrected chi connectivity index (χ2v) is 8.76. The zero-order chi connectivity index (χ0) is 23.3. The van der Waals surface area contributed by atoms with Crippen LogP contribution in [-0.4, -0.2) is 71.7 Å². The molecule has 0 radical (unpaired) electrons. The van der Waals surface area contributed by atoms with Crippen LogP contribution in [0, 0.1) is 13.8 Å². The number of nitrogens with zero attached hydrogens (tertiary/aromatic N) is 2. The van der Waals surface area contributed by atoms with Crippen molar-refractivity contribution in [1.29, 1.82) is 0 Å². The number of amides is 1. The lowest BCUT2D eigenvalue weighted by atomic mass is 10.1. The van der Waals surface area contributed by atoms with Gasteiger partial charge in [-0.3, -0.25) is 9.69 Å². The van der Waals surface area contributed by atoms with Crippen molar-refractivity contribution in [2.45, 2.75) is 53.3 Å². The van der Waals surface area contributed by atoms with Crippen LogP contribution in [0.4, 0.5) is 0 Å². The SMILES string of the molecule is Cc1[nH]c(C(=O)N(Cc2ccccc2)C(C)CN2CCOCC2)c(C)c1C(=O)OC(C)C. The molecule has 1 aliphatic heterocycles. The summed E-state index contributed by atoms with van der Waals surface area (Å²) in [6.45, 7) is 13.7. The fourth-order valence-corrected chi connectivity index (χ4v) is 4.15. The summed E-state index contributed by atoms with van der Waals surface area (Å²) in [6.07, 6.45) is -0.224. The van der Waals surface area contributed by atoms with Gasteiger partial charge in [-0.2, -0.15) is 0 Å². The third-order valence-corrected chi connectivity index (χ3v) is 5.81. The van der Waals surface area contributed by atoms with Crippen LogP contribution in [0.1, 0.15) is 58.4 Å². The van der Waals surface area contributed by atoms with E-state index in [-0.39, 0.29) is 18.1 Å². The van der Waals surface area contributed by atoms with E-state index in [9.17, 15) is 9.59 Å². The Labute approximate surface area is 190 Å². The quantitative estimate of drug-likeness (QED) is 0.634. The summed E-state index contributed by atoms with van der Waals surface area (Å²) < 4.78 is 10.9. The number of nitrogens with one attached hydrogen (secondary N) is 1. The predicted molar refractivity (Wildman–Crippen MR) is 124 cm³/mol. The number of H-pyrrole nitrogens is 1. The Morgan fingerprint density at radius 2 is 1.78 bits per heavy atom. The first-order chi connectivity index (χ1) is 15.3. The molecule has 7 nitrogen and oxygen atoms in total. The van der Waals surface area contributed by atoms with Gasteiger partial charge in [0, 0.05) is 37.9 Å². The Bertz CT molecular complexity index is 917. The van der Waals surface area contributed by atoms with Crippen molar-refractivity contribution in [2.75, 3.05) is 32.8 Å². The van der Waals surface area contributed by atoms with Gasteiger partial charge in [0.2, 0.25) is 0 Å². The summed E-state index contributed by atoms with van der Waals surface area (Å²) >= 11 is 0. The van der Waals surface area contributed by atoms with Gasteiger partial charge in [-0.25, -0.2) is 4.79 Å². The highest BCUT2D eigenvalue weighted by Crippen LogP contribution is 2.23. The summed E-state index contributed by atoms with van der Waals surface area (Å²) in [5.41, 5.74) is 3.24. The van der Waals surface area contributed by atoms with E-state index in [0.717, 1.165) is 38.4 Å². The molecule has 32 heavy (non-hydrogen) atoms. The highest BCUT2D eigenvalue weighted by atomic mass is 16.5. The standard InChI is InChI=1S/C25H35N3O4/c1-17(2)32-25(30)22-19(4)23(26-20(22)5)24(29)28(16-21-9-7-6-8-10-21)18(3)15-27-11-13-31-14-12-27/h6-10,17-18,26H,11-16H2,1-5H3. The Morgan fingerprint density at radius 3 is 2.41 bits per heavy atom. The molecule has 3 rings (SSSR count). The largest absolute Gasteiger partial charge is 0.459 e. The number of aromatic amines is 1. The van der Waals surface area contributed by atoms with Gasteiger partial charge in [0.05, 0.1) is 24.9 Å². The molecule has 1 atom stereocenters. The lowest BCUT2D eigenvalue weighted by Crippen LogP contribution is -2.48. The van der Waals surface area contributed by atoms with Gasteiger partial charge in [-0.1, -0.05) is 30.3 Å². The summed E-state index contributed by atoms with van der Waals surface area (Å²) in [4.78, 5) is 33.8. The van der Waals surface area contributed by atoms with Gasteiger partial charge in [0.25, 0.3) is 5.91 Å². The van der Waals surface area contributed by atoms with Gasteiger partial charge in [0.15, 0.2) is 0 Å². The average Bonchev–Trinajstić information content (AvgIpc) is 3.06. The normalized spacial score (nSPS) is 15.6. The van der Waals surface area contributed by atoms with E-state index < -0.39 is 5.97 Å². The molecule has 0 bridgehead atoms. The number of benzene rings is 1. The molecule has 1 aromatic heterocycles. The minimum atomic E-state index is -0.402. The van der Waals surface area contributed by atoms with E-state index in [1.54, 1.807) is 13.8 Å². The molecule has 2 aromatic rings. The maximum atomic E-state index is 13.8. The minimum Gasteiger partial charge on any atom is -0.459 e. The van der Waals surface area contributed by atoms with Crippen LogP contribution in [0.15, 0.2) is 30.3 Å². The van der Waals surface area contributed by atoms with Gasteiger partial charge < -0.3 is 19.4 Å². The van der Waals surface area contributed by atoms with Crippen molar-refractivity contribution in [1.82, 2.24) is 14.8 Å². The molecular formula is C25H35N3O4. The molecule has 1 N–H and O–H groups in total. The molecule has 174 valence electrons. The van der Waals surface area contributed by atoms with Crippen LogP contribution in [0.5, 0.6) is 0 Å². The minimum absolute atomic E-state index is 0.0186. The maximum absolute atomic E-state index is 13.8. The zero-order valence-electron chi connectivity index (χ0n) is 19.8. The fraction of sp³-hybridized carbons (Fsp3) is 0.520. The van der Waals surface area contributed by atoms with Gasteiger partial charge in [-0.05, 0) is 45.7 Å². The van der Waals surface area contributed by atoms with Gasteiger partial charge in [0.1, 0.15) is 5.69 Å². The van der Waals surface area contributed by atoms with Crippen LogP contribution in [0.25, 0.3) is 0 Å². The Kier molecular flexibility index (Phi) is 8.10. The van der Waals surface area contributed by atoms with E-state index in [1.165, 1.54) is 0 Å². The molecule has 1 amide bonds. The van der Waals surface area contributed by atoms with Crippen molar-refractivity contribution < 1.29 is 19.1 Å². The molecule has 1 aliphatic rings. The van der Waals surface area contributed by atoms with E-state index >= 15 is 0 Å². The first-order valence-electron chi connectivity index (χ1n) is 11.3. The fourth-order valence-electron chi connectivity index (χ4n) is 4.15. The molecular weight excluding hydrogens is 406 g/mol. The molecule has 0 saturated carbocycles. The van der Waals surface area contributed by atoms with Crippen molar-refractivity contribution >= 4 is 11.9 Å². The number of carbonyl (C=O) groups excluding carboxylic acids is 2. The maximum Gasteiger partial charge on any atom is 0.340 e. The number of aromatic nitrogens is 1. The monoisotopic (exact) mass is 441 g/mol. The number of rotatable bonds is 8. The lowest BCUT2D eigenvalue weighted by molar-refractivity contribution is 0.0227. The van der Waals surface area contributed by atoms with Crippen LogP contribution < -0.4 is 0 Å². The smallest absolute Gasteiger partial charge is 0.340 e. The summed E-state index contributed by atoms with van der Waals surface area (Å²) in [5.74, 6) is -0.514. The van der Waals surface area contributed by atoms with Crippen LogP contribution in [-0.2, 0) is 16.0 Å². The van der Waals surface area contributed by atoms with E-state index in [2.05, 4.69) is 16.8 Å². The highest BCUT2D eigenvalue weighted by Gasteiger charge is 2.30. The molecule has 1 aromatic carbocycles. The third kappa shape index (κ3) is 5.78. The second kappa shape index (κ2) is 10.8. The van der Waals surface area contributed by atoms with E-state index in [4.69, 9.17) is 9.47 Å². The number of hydrogen-bond acceptors (Lipinski definition) is 5.